The summed E-state index contributed by atoms with van der Waals surface area (Å²) in [5.41, 5.74) is 3.39. The topological polar surface area (TPSA) is 73.1 Å². The zero-order valence-electron chi connectivity index (χ0n) is 16.2. The fraction of sp³-hybridized carbons (Fsp3) is 0.364. The van der Waals surface area contributed by atoms with E-state index in [1.54, 1.807) is 24.8 Å². The lowest BCUT2D eigenvalue weighted by Gasteiger charge is -2.26. The molecular formula is C22H23N5O2. The van der Waals surface area contributed by atoms with E-state index < -0.39 is 0 Å². The Balaban J connectivity index is 1.43. The van der Waals surface area contributed by atoms with Crippen LogP contribution in [0.25, 0.3) is 22.5 Å². The summed E-state index contributed by atoms with van der Waals surface area (Å²) >= 11 is 0. The molecule has 0 spiro atoms. The van der Waals surface area contributed by atoms with Crippen molar-refractivity contribution in [1.82, 2.24) is 24.6 Å². The van der Waals surface area contributed by atoms with Gasteiger partial charge in [-0.1, -0.05) is 0 Å². The molecule has 7 heteroatoms. The molecule has 148 valence electrons. The van der Waals surface area contributed by atoms with Gasteiger partial charge in [0.25, 0.3) is 5.91 Å². The Morgan fingerprint density at radius 1 is 1.10 bits per heavy atom. The fourth-order valence-corrected chi connectivity index (χ4v) is 3.58. The third-order valence-electron chi connectivity index (χ3n) is 5.40. The number of carbonyl (C=O) groups excluding carboxylic acids is 1. The van der Waals surface area contributed by atoms with Crippen LogP contribution in [0.1, 0.15) is 36.2 Å². The summed E-state index contributed by atoms with van der Waals surface area (Å²) in [6.45, 7) is 2.11. The van der Waals surface area contributed by atoms with Crippen molar-refractivity contribution < 1.29 is 9.63 Å². The zero-order valence-corrected chi connectivity index (χ0v) is 16.2. The van der Waals surface area contributed by atoms with Crippen molar-refractivity contribution in [2.45, 2.75) is 32.2 Å². The quantitative estimate of drug-likeness (QED) is 0.667. The van der Waals surface area contributed by atoms with E-state index in [2.05, 4.69) is 19.5 Å². The van der Waals surface area contributed by atoms with E-state index in [0.29, 0.717) is 30.6 Å². The van der Waals surface area contributed by atoms with Gasteiger partial charge < -0.3 is 4.57 Å². The van der Waals surface area contributed by atoms with E-state index in [4.69, 9.17) is 4.84 Å². The SMILES string of the molecule is O=C(c1cc(-c2cnc(-c3cccnc3)nc2)cn1CC1CC1)N1CCCCO1. The van der Waals surface area contributed by atoms with E-state index in [9.17, 15) is 4.79 Å². The molecular weight excluding hydrogens is 366 g/mol. The number of hydrogen-bond donors (Lipinski definition) is 0. The van der Waals surface area contributed by atoms with Crippen LogP contribution in [0.3, 0.4) is 0 Å². The molecule has 0 bridgehead atoms. The Morgan fingerprint density at radius 2 is 1.97 bits per heavy atom. The maximum absolute atomic E-state index is 13.0. The van der Waals surface area contributed by atoms with Crippen molar-refractivity contribution in [3.63, 3.8) is 0 Å². The predicted octanol–water partition coefficient (Wildman–Crippen LogP) is 3.58. The summed E-state index contributed by atoms with van der Waals surface area (Å²) in [4.78, 5) is 31.7. The van der Waals surface area contributed by atoms with Crippen molar-refractivity contribution in [2.24, 2.45) is 5.92 Å². The van der Waals surface area contributed by atoms with Crippen LogP contribution < -0.4 is 0 Å². The third-order valence-corrected chi connectivity index (χ3v) is 5.40. The molecule has 5 rings (SSSR count). The minimum Gasteiger partial charge on any atom is -0.343 e. The average Bonchev–Trinajstić information content (AvgIpc) is 3.51. The summed E-state index contributed by atoms with van der Waals surface area (Å²) in [6.07, 6.45) is 13.5. The van der Waals surface area contributed by atoms with Gasteiger partial charge in [0.05, 0.1) is 6.61 Å². The number of amides is 1. The lowest BCUT2D eigenvalue weighted by molar-refractivity contribution is -0.144. The highest BCUT2D eigenvalue weighted by Gasteiger charge is 2.27. The van der Waals surface area contributed by atoms with Gasteiger partial charge in [-0.2, -0.15) is 0 Å². The Kier molecular flexibility index (Phi) is 4.81. The van der Waals surface area contributed by atoms with Crippen LogP contribution in [-0.2, 0) is 11.4 Å². The number of aromatic nitrogens is 4. The average molecular weight is 389 g/mol. The molecule has 0 aromatic carbocycles. The maximum Gasteiger partial charge on any atom is 0.294 e. The first-order chi connectivity index (χ1) is 14.3. The molecule has 2 aliphatic rings. The van der Waals surface area contributed by atoms with E-state index in [1.165, 1.54) is 17.9 Å². The molecule has 4 heterocycles. The summed E-state index contributed by atoms with van der Waals surface area (Å²) in [5.74, 6) is 1.23. The highest BCUT2D eigenvalue weighted by molar-refractivity contribution is 5.93. The molecule has 0 atom stereocenters. The number of carbonyl (C=O) groups is 1. The Morgan fingerprint density at radius 3 is 2.66 bits per heavy atom. The van der Waals surface area contributed by atoms with E-state index in [1.807, 2.05) is 24.4 Å². The second-order valence-corrected chi connectivity index (χ2v) is 7.69. The second kappa shape index (κ2) is 7.75. The van der Waals surface area contributed by atoms with Gasteiger partial charge in [-0.15, -0.1) is 0 Å². The van der Waals surface area contributed by atoms with Gasteiger partial charge >= 0.3 is 0 Å². The van der Waals surface area contributed by atoms with Crippen LogP contribution in [-0.4, -0.2) is 43.6 Å². The molecule has 1 saturated heterocycles. The molecule has 0 N–H and O–H groups in total. The zero-order chi connectivity index (χ0) is 19.6. The minimum absolute atomic E-state index is 0.0653. The van der Waals surface area contributed by atoms with Gasteiger partial charge in [0, 0.05) is 60.8 Å². The number of hydrogen-bond acceptors (Lipinski definition) is 5. The van der Waals surface area contributed by atoms with Gasteiger partial charge in [0.1, 0.15) is 5.69 Å². The number of hydroxylamine groups is 2. The standard InChI is InChI=1S/C22H23N5O2/c28-22(27-8-1-2-9-29-27)20-10-18(15-26(20)14-16-5-6-16)19-12-24-21(25-13-19)17-4-3-7-23-11-17/h3-4,7,10-13,15-16H,1-2,5-6,8-9,14H2. The molecule has 2 fully saturated rings. The molecule has 3 aromatic rings. The molecule has 1 aliphatic carbocycles. The highest BCUT2D eigenvalue weighted by atomic mass is 16.7. The van der Waals surface area contributed by atoms with Crippen LogP contribution in [0, 0.1) is 5.92 Å². The molecule has 1 saturated carbocycles. The van der Waals surface area contributed by atoms with Crippen LogP contribution in [0.5, 0.6) is 0 Å². The lowest BCUT2D eigenvalue weighted by Crippen LogP contribution is -2.36. The van der Waals surface area contributed by atoms with E-state index in [-0.39, 0.29) is 5.91 Å². The number of nitrogens with zero attached hydrogens (tertiary/aromatic N) is 5. The smallest absolute Gasteiger partial charge is 0.294 e. The summed E-state index contributed by atoms with van der Waals surface area (Å²) in [6, 6.07) is 5.74. The Hall–Kier alpha value is -3.06. The van der Waals surface area contributed by atoms with Crippen LogP contribution >= 0.6 is 0 Å². The monoisotopic (exact) mass is 389 g/mol. The van der Waals surface area contributed by atoms with E-state index in [0.717, 1.165) is 36.1 Å². The van der Waals surface area contributed by atoms with Crippen LogP contribution in [0.2, 0.25) is 0 Å². The van der Waals surface area contributed by atoms with Gasteiger partial charge in [0.2, 0.25) is 0 Å². The van der Waals surface area contributed by atoms with Crippen molar-refractivity contribution in [1.29, 1.82) is 0 Å². The normalized spacial score (nSPS) is 16.8. The molecule has 29 heavy (non-hydrogen) atoms. The first-order valence-electron chi connectivity index (χ1n) is 10.2. The van der Waals surface area contributed by atoms with Gasteiger partial charge in [0.15, 0.2) is 5.82 Å². The first kappa shape index (κ1) is 18.0. The molecule has 7 nitrogen and oxygen atoms in total. The predicted molar refractivity (Wildman–Crippen MR) is 108 cm³/mol. The fourth-order valence-electron chi connectivity index (χ4n) is 3.58. The first-order valence-corrected chi connectivity index (χ1v) is 10.2. The highest BCUT2D eigenvalue weighted by Crippen LogP contribution is 2.33. The largest absolute Gasteiger partial charge is 0.343 e. The van der Waals surface area contributed by atoms with Crippen molar-refractivity contribution in [3.05, 3.63) is 54.9 Å². The summed E-state index contributed by atoms with van der Waals surface area (Å²) in [5, 5.41) is 1.51. The molecule has 0 unspecified atom stereocenters. The van der Waals surface area contributed by atoms with Gasteiger partial charge in [-0.3, -0.25) is 14.6 Å². The van der Waals surface area contributed by atoms with Crippen LogP contribution in [0.4, 0.5) is 0 Å². The Bertz CT molecular complexity index is 990. The van der Waals surface area contributed by atoms with Crippen molar-refractivity contribution in [2.75, 3.05) is 13.2 Å². The van der Waals surface area contributed by atoms with Gasteiger partial charge in [-0.25, -0.2) is 15.0 Å². The molecule has 1 aliphatic heterocycles. The van der Waals surface area contributed by atoms with E-state index >= 15 is 0 Å². The van der Waals surface area contributed by atoms with Crippen molar-refractivity contribution in [3.8, 4) is 22.5 Å². The number of pyridine rings is 1. The summed E-state index contributed by atoms with van der Waals surface area (Å²) in [7, 11) is 0. The van der Waals surface area contributed by atoms with Crippen LogP contribution in [0.15, 0.2) is 49.2 Å². The van der Waals surface area contributed by atoms with Crippen molar-refractivity contribution >= 4 is 5.91 Å². The summed E-state index contributed by atoms with van der Waals surface area (Å²) < 4.78 is 2.07. The van der Waals surface area contributed by atoms with Gasteiger partial charge in [-0.05, 0) is 49.8 Å². The molecule has 3 aromatic heterocycles. The number of rotatable bonds is 5. The third kappa shape index (κ3) is 3.91. The molecule has 1 amide bonds. The minimum atomic E-state index is -0.0653. The molecule has 0 radical (unpaired) electrons. The maximum atomic E-state index is 13.0. The lowest BCUT2D eigenvalue weighted by atomic mass is 10.1. The Labute approximate surface area is 169 Å². The second-order valence-electron chi connectivity index (χ2n) is 7.69.